The number of amides is 2. The molecule has 1 N–H and O–H groups in total. The number of carbonyl (C=O) groups excluding carboxylic acids is 2. The summed E-state index contributed by atoms with van der Waals surface area (Å²) in [5.74, 6) is 2.41. The zero-order chi connectivity index (χ0) is 17.0. The molecule has 0 spiro atoms. The third-order valence-electron chi connectivity index (χ3n) is 3.93. The topological polar surface area (TPSA) is 75.4 Å². The number of hydrogen-bond acceptors (Lipinski definition) is 5. The average Bonchev–Trinajstić information content (AvgIpc) is 2.88. The van der Waals surface area contributed by atoms with Crippen LogP contribution in [0.2, 0.25) is 0 Å². The standard InChI is InChI=1S/C16H25N3O3S/c1-10-5-11(2)8-19(7-10)15(20)9-23-13(4)16(21)17-14-6-12(3)22-18-14/h6,10-11,13H,5,7-9H2,1-4H3,(H,17,18,21)/t10-,11-,13-/m0/s1. The Morgan fingerprint density at radius 3 is 2.65 bits per heavy atom. The minimum absolute atomic E-state index is 0.116. The number of thioether (sulfide) groups is 1. The first kappa shape index (κ1) is 17.8. The maximum Gasteiger partial charge on any atom is 0.238 e. The van der Waals surface area contributed by atoms with Crippen LogP contribution < -0.4 is 5.32 Å². The quantitative estimate of drug-likeness (QED) is 0.892. The van der Waals surface area contributed by atoms with Gasteiger partial charge in [0.1, 0.15) is 5.76 Å². The Bertz CT molecular complexity index is 551. The van der Waals surface area contributed by atoms with Crippen molar-refractivity contribution in [1.29, 1.82) is 0 Å². The molecule has 0 saturated carbocycles. The summed E-state index contributed by atoms with van der Waals surface area (Å²) in [6.45, 7) is 9.56. The summed E-state index contributed by atoms with van der Waals surface area (Å²) in [4.78, 5) is 26.3. The first-order valence-corrected chi connectivity index (χ1v) is 9.03. The summed E-state index contributed by atoms with van der Waals surface area (Å²) in [6, 6.07) is 1.66. The van der Waals surface area contributed by atoms with Gasteiger partial charge >= 0.3 is 0 Å². The summed E-state index contributed by atoms with van der Waals surface area (Å²) in [5.41, 5.74) is 0. The number of carbonyl (C=O) groups is 2. The van der Waals surface area contributed by atoms with E-state index in [-0.39, 0.29) is 17.1 Å². The van der Waals surface area contributed by atoms with Crippen LogP contribution in [0.1, 0.15) is 33.0 Å². The monoisotopic (exact) mass is 339 g/mol. The van der Waals surface area contributed by atoms with E-state index in [2.05, 4.69) is 24.3 Å². The average molecular weight is 339 g/mol. The van der Waals surface area contributed by atoms with Gasteiger partial charge in [0.15, 0.2) is 5.82 Å². The molecular formula is C16H25N3O3S. The van der Waals surface area contributed by atoms with Crippen molar-refractivity contribution in [2.75, 3.05) is 24.2 Å². The highest BCUT2D eigenvalue weighted by molar-refractivity contribution is 8.01. The third kappa shape index (κ3) is 5.27. The summed E-state index contributed by atoms with van der Waals surface area (Å²) in [5, 5.41) is 6.10. The predicted molar refractivity (Wildman–Crippen MR) is 91.3 cm³/mol. The van der Waals surface area contributed by atoms with E-state index in [0.717, 1.165) is 13.1 Å². The van der Waals surface area contributed by atoms with Gasteiger partial charge in [-0.2, -0.15) is 0 Å². The Kier molecular flexibility index (Phi) is 6.10. The molecule has 0 aromatic carbocycles. The molecule has 2 rings (SSSR count). The number of piperidine rings is 1. The molecule has 0 aliphatic carbocycles. The van der Waals surface area contributed by atoms with Crippen LogP contribution in [0.25, 0.3) is 0 Å². The first-order chi connectivity index (χ1) is 10.8. The lowest BCUT2D eigenvalue weighted by molar-refractivity contribution is -0.130. The Labute approximate surface area is 141 Å². The summed E-state index contributed by atoms with van der Waals surface area (Å²) in [6.07, 6.45) is 1.17. The number of hydrogen-bond donors (Lipinski definition) is 1. The molecule has 1 fully saturated rings. The number of nitrogens with zero attached hydrogens (tertiary/aromatic N) is 2. The molecule has 0 radical (unpaired) electrons. The molecule has 128 valence electrons. The maximum absolute atomic E-state index is 12.3. The molecule has 1 aromatic heterocycles. The molecule has 0 unspecified atom stereocenters. The number of nitrogens with one attached hydrogen (secondary N) is 1. The van der Waals surface area contributed by atoms with E-state index in [1.807, 2.05) is 4.90 Å². The smallest absolute Gasteiger partial charge is 0.238 e. The second kappa shape index (κ2) is 7.86. The van der Waals surface area contributed by atoms with E-state index in [9.17, 15) is 9.59 Å². The molecule has 0 bridgehead atoms. The highest BCUT2D eigenvalue weighted by Gasteiger charge is 2.26. The molecule has 2 heterocycles. The van der Waals surface area contributed by atoms with Gasteiger partial charge in [-0.25, -0.2) is 0 Å². The van der Waals surface area contributed by atoms with Gasteiger partial charge in [0.05, 0.1) is 11.0 Å². The molecule has 3 atom stereocenters. The van der Waals surface area contributed by atoms with Gasteiger partial charge in [-0.3, -0.25) is 9.59 Å². The van der Waals surface area contributed by atoms with Crippen molar-refractivity contribution >= 4 is 29.4 Å². The first-order valence-electron chi connectivity index (χ1n) is 7.98. The number of rotatable bonds is 5. The SMILES string of the molecule is Cc1cc(NC(=O)[C@H](C)SCC(=O)N2C[C@@H](C)C[C@H](C)C2)no1. The minimum Gasteiger partial charge on any atom is -0.360 e. The molecule has 2 amide bonds. The fourth-order valence-corrected chi connectivity index (χ4v) is 3.67. The zero-order valence-electron chi connectivity index (χ0n) is 14.2. The second-order valence-electron chi connectivity index (χ2n) is 6.51. The normalized spacial score (nSPS) is 22.7. The van der Waals surface area contributed by atoms with Crippen molar-refractivity contribution in [2.24, 2.45) is 11.8 Å². The van der Waals surface area contributed by atoms with Gasteiger partial charge in [0.25, 0.3) is 0 Å². The van der Waals surface area contributed by atoms with Crippen LogP contribution in [-0.2, 0) is 9.59 Å². The molecule has 1 saturated heterocycles. The largest absolute Gasteiger partial charge is 0.360 e. The van der Waals surface area contributed by atoms with E-state index in [1.54, 1.807) is 19.9 Å². The van der Waals surface area contributed by atoms with E-state index >= 15 is 0 Å². The Hall–Kier alpha value is -1.50. The van der Waals surface area contributed by atoms with Crippen LogP contribution in [-0.4, -0.2) is 46.0 Å². The highest BCUT2D eigenvalue weighted by atomic mass is 32.2. The number of likely N-dealkylation sites (tertiary alicyclic amines) is 1. The fraction of sp³-hybridized carbons (Fsp3) is 0.688. The lowest BCUT2D eigenvalue weighted by Gasteiger charge is -2.35. The number of aryl methyl sites for hydroxylation is 1. The van der Waals surface area contributed by atoms with E-state index < -0.39 is 0 Å². The van der Waals surface area contributed by atoms with E-state index in [0.29, 0.717) is 29.2 Å². The predicted octanol–water partition coefficient (Wildman–Crippen LogP) is 2.55. The van der Waals surface area contributed by atoms with Gasteiger partial charge in [-0.05, 0) is 32.1 Å². The lowest BCUT2D eigenvalue weighted by Crippen LogP contribution is -2.43. The highest BCUT2D eigenvalue weighted by Crippen LogP contribution is 2.22. The van der Waals surface area contributed by atoms with Crippen molar-refractivity contribution in [1.82, 2.24) is 10.1 Å². The summed E-state index contributed by atoms with van der Waals surface area (Å²) >= 11 is 1.35. The minimum atomic E-state index is -0.324. The van der Waals surface area contributed by atoms with Crippen molar-refractivity contribution in [2.45, 2.75) is 39.4 Å². The molecule has 23 heavy (non-hydrogen) atoms. The maximum atomic E-state index is 12.3. The van der Waals surface area contributed by atoms with Gasteiger partial charge in [-0.15, -0.1) is 11.8 Å². The molecule has 6 nitrogen and oxygen atoms in total. The van der Waals surface area contributed by atoms with Crippen molar-refractivity contribution < 1.29 is 14.1 Å². The third-order valence-corrected chi connectivity index (χ3v) is 5.05. The van der Waals surface area contributed by atoms with Crippen molar-refractivity contribution in [3.63, 3.8) is 0 Å². The molecule has 7 heteroatoms. The molecule has 1 aliphatic heterocycles. The number of anilines is 1. The van der Waals surface area contributed by atoms with Crippen LogP contribution in [0.5, 0.6) is 0 Å². The van der Waals surface area contributed by atoms with Crippen molar-refractivity contribution in [3.8, 4) is 0 Å². The Morgan fingerprint density at radius 2 is 2.09 bits per heavy atom. The Morgan fingerprint density at radius 1 is 1.43 bits per heavy atom. The van der Waals surface area contributed by atoms with Gasteiger partial charge in [0.2, 0.25) is 11.8 Å². The van der Waals surface area contributed by atoms with Crippen LogP contribution in [0.15, 0.2) is 10.6 Å². The van der Waals surface area contributed by atoms with Gasteiger partial charge in [0, 0.05) is 19.2 Å². The lowest BCUT2D eigenvalue weighted by atomic mass is 9.92. The van der Waals surface area contributed by atoms with E-state index in [4.69, 9.17) is 4.52 Å². The summed E-state index contributed by atoms with van der Waals surface area (Å²) in [7, 11) is 0. The van der Waals surface area contributed by atoms with Gasteiger partial charge in [-0.1, -0.05) is 19.0 Å². The summed E-state index contributed by atoms with van der Waals surface area (Å²) < 4.78 is 4.91. The van der Waals surface area contributed by atoms with Crippen LogP contribution >= 0.6 is 11.8 Å². The second-order valence-corrected chi connectivity index (χ2v) is 7.84. The number of aromatic nitrogens is 1. The van der Waals surface area contributed by atoms with Crippen LogP contribution in [0, 0.1) is 18.8 Å². The Balaban J connectivity index is 1.77. The molecular weight excluding hydrogens is 314 g/mol. The van der Waals surface area contributed by atoms with Crippen molar-refractivity contribution in [3.05, 3.63) is 11.8 Å². The van der Waals surface area contributed by atoms with Crippen LogP contribution in [0.4, 0.5) is 5.82 Å². The van der Waals surface area contributed by atoms with Crippen LogP contribution in [0.3, 0.4) is 0 Å². The molecule has 1 aromatic rings. The fourth-order valence-electron chi connectivity index (χ4n) is 2.88. The van der Waals surface area contributed by atoms with Gasteiger partial charge < -0.3 is 14.7 Å². The molecule has 1 aliphatic rings. The zero-order valence-corrected chi connectivity index (χ0v) is 15.0. The van der Waals surface area contributed by atoms with E-state index in [1.165, 1.54) is 18.2 Å².